The minimum absolute atomic E-state index is 0.209. The van der Waals surface area contributed by atoms with Crippen LogP contribution >= 0.6 is 11.3 Å². The van der Waals surface area contributed by atoms with Crippen LogP contribution in [0.4, 0.5) is 10.5 Å². The molecule has 0 aliphatic carbocycles. The number of thiophene rings is 1. The summed E-state index contributed by atoms with van der Waals surface area (Å²) in [4.78, 5) is 15.0. The molecule has 1 fully saturated rings. The number of nitrogens with zero attached hydrogens (tertiary/aromatic N) is 1. The van der Waals surface area contributed by atoms with Gasteiger partial charge in [-0.25, -0.2) is 4.79 Å². The molecule has 0 radical (unpaired) electrons. The lowest BCUT2D eigenvalue weighted by atomic mass is 10.1. The van der Waals surface area contributed by atoms with E-state index in [9.17, 15) is 4.79 Å². The van der Waals surface area contributed by atoms with E-state index in [1.807, 2.05) is 0 Å². The summed E-state index contributed by atoms with van der Waals surface area (Å²) in [5, 5.41) is 10.2. The van der Waals surface area contributed by atoms with Gasteiger partial charge >= 0.3 is 6.03 Å². The SMILES string of the molecule is COc1ccc(NC(=O)NC[C@@H](c2ccsc2)N2CCCCCC2)cc1OC. The topological polar surface area (TPSA) is 62.8 Å². The molecule has 3 rings (SSSR count). The molecule has 0 spiro atoms. The summed E-state index contributed by atoms with van der Waals surface area (Å²) in [6, 6.07) is 7.48. The average molecular weight is 404 g/mol. The Balaban J connectivity index is 1.62. The number of carbonyl (C=O) groups excluding carboxylic acids is 1. The Hall–Kier alpha value is -2.25. The number of ether oxygens (including phenoxy) is 2. The maximum atomic E-state index is 12.5. The Morgan fingerprint density at radius 2 is 1.86 bits per heavy atom. The highest BCUT2D eigenvalue weighted by molar-refractivity contribution is 7.07. The van der Waals surface area contributed by atoms with Gasteiger partial charge in [0.15, 0.2) is 11.5 Å². The number of likely N-dealkylation sites (tertiary alicyclic amines) is 1. The van der Waals surface area contributed by atoms with E-state index in [0.717, 1.165) is 13.1 Å². The molecule has 1 atom stereocenters. The van der Waals surface area contributed by atoms with Gasteiger partial charge in [0.05, 0.1) is 20.3 Å². The van der Waals surface area contributed by atoms with E-state index in [1.54, 1.807) is 43.8 Å². The standard InChI is InChI=1S/C21H29N3O3S/c1-26-19-8-7-17(13-20(19)27-2)23-21(25)22-14-18(16-9-12-28-15-16)24-10-5-3-4-6-11-24/h7-9,12-13,15,18H,3-6,10-11,14H2,1-2H3,(H2,22,23,25)/t18-/m0/s1. The van der Waals surface area contributed by atoms with E-state index in [4.69, 9.17) is 9.47 Å². The number of hydrogen-bond acceptors (Lipinski definition) is 5. The highest BCUT2D eigenvalue weighted by atomic mass is 32.1. The second-order valence-corrected chi connectivity index (χ2v) is 7.71. The predicted octanol–water partition coefficient (Wildman–Crippen LogP) is 4.50. The van der Waals surface area contributed by atoms with Crippen LogP contribution in [-0.4, -0.2) is 44.8 Å². The van der Waals surface area contributed by atoms with Crippen LogP contribution in [0.25, 0.3) is 0 Å². The predicted molar refractivity (Wildman–Crippen MR) is 114 cm³/mol. The monoisotopic (exact) mass is 403 g/mol. The van der Waals surface area contributed by atoms with E-state index >= 15 is 0 Å². The van der Waals surface area contributed by atoms with Gasteiger partial charge < -0.3 is 20.1 Å². The number of hydrogen-bond donors (Lipinski definition) is 2. The lowest BCUT2D eigenvalue weighted by Gasteiger charge is -2.30. The van der Waals surface area contributed by atoms with E-state index in [-0.39, 0.29) is 12.1 Å². The van der Waals surface area contributed by atoms with Crippen molar-refractivity contribution in [3.05, 3.63) is 40.6 Å². The lowest BCUT2D eigenvalue weighted by molar-refractivity contribution is 0.199. The Labute approximate surface area is 170 Å². The van der Waals surface area contributed by atoms with Crippen LogP contribution in [0.3, 0.4) is 0 Å². The first-order valence-corrected chi connectivity index (χ1v) is 10.7. The van der Waals surface area contributed by atoms with Gasteiger partial charge in [-0.2, -0.15) is 11.3 Å². The Morgan fingerprint density at radius 3 is 2.50 bits per heavy atom. The molecule has 2 N–H and O–H groups in total. The largest absolute Gasteiger partial charge is 0.493 e. The summed E-state index contributed by atoms with van der Waals surface area (Å²) < 4.78 is 10.5. The van der Waals surface area contributed by atoms with Crippen molar-refractivity contribution in [2.45, 2.75) is 31.7 Å². The van der Waals surface area contributed by atoms with Gasteiger partial charge in [-0.3, -0.25) is 4.90 Å². The number of amides is 2. The van der Waals surface area contributed by atoms with Gasteiger partial charge in [-0.05, 0) is 60.5 Å². The quantitative estimate of drug-likeness (QED) is 0.714. The van der Waals surface area contributed by atoms with Gasteiger partial charge in [-0.1, -0.05) is 12.8 Å². The fraction of sp³-hybridized carbons (Fsp3) is 0.476. The Morgan fingerprint density at radius 1 is 1.11 bits per heavy atom. The van der Waals surface area contributed by atoms with Crippen LogP contribution in [0.15, 0.2) is 35.0 Å². The van der Waals surface area contributed by atoms with E-state index in [1.165, 1.54) is 31.2 Å². The fourth-order valence-corrected chi connectivity index (χ4v) is 4.31. The molecule has 28 heavy (non-hydrogen) atoms. The zero-order chi connectivity index (χ0) is 19.8. The van der Waals surface area contributed by atoms with Gasteiger partial charge in [0.25, 0.3) is 0 Å². The zero-order valence-corrected chi connectivity index (χ0v) is 17.4. The van der Waals surface area contributed by atoms with Crippen molar-refractivity contribution >= 4 is 23.1 Å². The van der Waals surface area contributed by atoms with E-state index in [2.05, 4.69) is 32.4 Å². The van der Waals surface area contributed by atoms with Crippen LogP contribution in [0.5, 0.6) is 11.5 Å². The lowest BCUT2D eigenvalue weighted by Crippen LogP contribution is -2.40. The molecule has 1 saturated heterocycles. The summed E-state index contributed by atoms with van der Waals surface area (Å²) >= 11 is 1.70. The highest BCUT2D eigenvalue weighted by Crippen LogP contribution is 2.30. The molecule has 1 aromatic carbocycles. The molecule has 0 bridgehead atoms. The molecule has 1 aliphatic heterocycles. The number of benzene rings is 1. The van der Waals surface area contributed by atoms with Crippen molar-refractivity contribution in [3.63, 3.8) is 0 Å². The molecule has 2 aromatic rings. The number of methoxy groups -OCH3 is 2. The number of rotatable bonds is 7. The number of nitrogens with one attached hydrogen (secondary N) is 2. The second-order valence-electron chi connectivity index (χ2n) is 6.93. The smallest absolute Gasteiger partial charge is 0.319 e. The third-order valence-corrected chi connectivity index (χ3v) is 5.81. The van der Waals surface area contributed by atoms with Crippen LogP contribution in [-0.2, 0) is 0 Å². The minimum atomic E-state index is -0.220. The van der Waals surface area contributed by atoms with Crippen LogP contribution in [0.1, 0.15) is 37.3 Å². The zero-order valence-electron chi connectivity index (χ0n) is 16.6. The third kappa shape index (κ3) is 5.39. The summed E-state index contributed by atoms with van der Waals surface area (Å²) in [7, 11) is 3.17. The van der Waals surface area contributed by atoms with Gasteiger partial charge in [0, 0.05) is 18.3 Å². The highest BCUT2D eigenvalue weighted by Gasteiger charge is 2.22. The maximum Gasteiger partial charge on any atom is 0.319 e. The van der Waals surface area contributed by atoms with Crippen LogP contribution in [0, 0.1) is 0 Å². The number of anilines is 1. The molecule has 0 unspecified atom stereocenters. The Kier molecular flexibility index (Phi) is 7.56. The molecular weight excluding hydrogens is 374 g/mol. The minimum Gasteiger partial charge on any atom is -0.493 e. The van der Waals surface area contributed by atoms with Crippen molar-refractivity contribution in [1.29, 1.82) is 0 Å². The summed E-state index contributed by atoms with van der Waals surface area (Å²) in [5.41, 5.74) is 1.94. The van der Waals surface area contributed by atoms with E-state index < -0.39 is 0 Å². The average Bonchev–Trinajstić information content (AvgIpc) is 3.11. The molecule has 2 amide bonds. The molecule has 1 aliphatic rings. The molecule has 152 valence electrons. The van der Waals surface area contributed by atoms with Crippen LogP contribution in [0.2, 0.25) is 0 Å². The van der Waals surface area contributed by atoms with Gasteiger partial charge in [0.2, 0.25) is 0 Å². The van der Waals surface area contributed by atoms with Crippen molar-refractivity contribution in [1.82, 2.24) is 10.2 Å². The van der Waals surface area contributed by atoms with Crippen molar-refractivity contribution in [2.75, 3.05) is 39.2 Å². The number of carbonyl (C=O) groups is 1. The van der Waals surface area contributed by atoms with Crippen molar-refractivity contribution in [3.8, 4) is 11.5 Å². The summed E-state index contributed by atoms with van der Waals surface area (Å²) in [6.07, 6.45) is 5.02. The maximum absolute atomic E-state index is 12.5. The first-order valence-electron chi connectivity index (χ1n) is 9.74. The van der Waals surface area contributed by atoms with E-state index in [0.29, 0.717) is 23.7 Å². The molecule has 6 nitrogen and oxygen atoms in total. The first-order chi connectivity index (χ1) is 13.7. The van der Waals surface area contributed by atoms with Crippen molar-refractivity contribution in [2.24, 2.45) is 0 Å². The molecule has 7 heteroatoms. The third-order valence-electron chi connectivity index (χ3n) is 5.11. The normalized spacial score (nSPS) is 16.1. The molecule has 0 saturated carbocycles. The fourth-order valence-electron chi connectivity index (χ4n) is 3.61. The summed E-state index contributed by atoms with van der Waals surface area (Å²) in [5.74, 6) is 1.22. The molecule has 1 aromatic heterocycles. The first kappa shape index (κ1) is 20.5. The Bertz CT molecular complexity index is 743. The molecule has 2 heterocycles. The second kappa shape index (κ2) is 10.3. The van der Waals surface area contributed by atoms with Crippen molar-refractivity contribution < 1.29 is 14.3 Å². The molecular formula is C21H29N3O3S. The number of urea groups is 1. The van der Waals surface area contributed by atoms with Crippen LogP contribution < -0.4 is 20.1 Å². The van der Waals surface area contributed by atoms with Gasteiger partial charge in [-0.15, -0.1) is 0 Å². The van der Waals surface area contributed by atoms with Gasteiger partial charge in [0.1, 0.15) is 0 Å². The summed E-state index contributed by atoms with van der Waals surface area (Å²) in [6.45, 7) is 2.74.